The van der Waals surface area contributed by atoms with Crippen LogP contribution in [0.1, 0.15) is 97.8 Å². The summed E-state index contributed by atoms with van der Waals surface area (Å²) in [6, 6.07) is 13.7. The van der Waals surface area contributed by atoms with Gasteiger partial charge in [0.05, 0.1) is 23.6 Å². The molecule has 1 fully saturated rings. The lowest BCUT2D eigenvalue weighted by Gasteiger charge is -2.30. The van der Waals surface area contributed by atoms with Crippen molar-refractivity contribution in [3.8, 4) is 11.3 Å². The van der Waals surface area contributed by atoms with Gasteiger partial charge in [-0.1, -0.05) is 44.2 Å². The van der Waals surface area contributed by atoms with Gasteiger partial charge in [-0.3, -0.25) is 14.3 Å². The average Bonchev–Trinajstić information content (AvgIpc) is 3.45. The molecule has 1 aliphatic heterocycles. The molecule has 2 aliphatic rings. The van der Waals surface area contributed by atoms with E-state index in [9.17, 15) is 9.59 Å². The van der Waals surface area contributed by atoms with Crippen molar-refractivity contribution in [2.75, 3.05) is 24.3 Å². The minimum absolute atomic E-state index is 0.0718. The Labute approximate surface area is 270 Å². The highest BCUT2D eigenvalue weighted by Gasteiger charge is 2.29. The summed E-state index contributed by atoms with van der Waals surface area (Å²) in [5.41, 5.74) is 13.6. The minimum Gasteiger partial charge on any atom is -0.383 e. The second-order valence-electron chi connectivity index (χ2n) is 12.9. The van der Waals surface area contributed by atoms with E-state index in [1.807, 2.05) is 36.4 Å². The van der Waals surface area contributed by atoms with Gasteiger partial charge in [0.2, 0.25) is 5.91 Å². The third-order valence-electron chi connectivity index (χ3n) is 9.11. The van der Waals surface area contributed by atoms with Crippen molar-refractivity contribution < 1.29 is 14.3 Å². The Morgan fingerprint density at radius 3 is 2.83 bits per heavy atom. The molecule has 240 valence electrons. The molecule has 4 N–H and O–H groups in total. The molecule has 1 saturated carbocycles. The van der Waals surface area contributed by atoms with Crippen molar-refractivity contribution in [3.63, 3.8) is 0 Å². The normalized spacial score (nSPS) is 20.0. The van der Waals surface area contributed by atoms with E-state index in [0.29, 0.717) is 49.0 Å². The van der Waals surface area contributed by atoms with Crippen LogP contribution in [0.15, 0.2) is 54.7 Å². The van der Waals surface area contributed by atoms with Gasteiger partial charge in [-0.15, -0.1) is 0 Å². The van der Waals surface area contributed by atoms with Crippen molar-refractivity contribution in [2.45, 2.75) is 83.7 Å². The molecule has 2 amide bonds. The van der Waals surface area contributed by atoms with E-state index in [1.165, 1.54) is 5.56 Å². The number of rotatable bonds is 4. The highest BCUT2D eigenvalue weighted by Crippen LogP contribution is 2.39. The monoisotopic (exact) mass is 620 g/mol. The largest absolute Gasteiger partial charge is 0.383 e. The van der Waals surface area contributed by atoms with E-state index >= 15 is 0 Å². The zero-order valence-corrected chi connectivity index (χ0v) is 27.0. The van der Waals surface area contributed by atoms with E-state index in [-0.39, 0.29) is 23.9 Å². The second-order valence-corrected chi connectivity index (χ2v) is 12.9. The first kappa shape index (κ1) is 31.5. The van der Waals surface area contributed by atoms with Crippen LogP contribution in [0.2, 0.25) is 0 Å². The van der Waals surface area contributed by atoms with Gasteiger partial charge in [-0.05, 0) is 86.8 Å². The van der Waals surface area contributed by atoms with Gasteiger partial charge in [0, 0.05) is 47.6 Å². The number of nitrogen functional groups attached to an aromatic ring is 1. The number of pyridine rings is 1. The fourth-order valence-corrected chi connectivity index (χ4v) is 6.83. The summed E-state index contributed by atoms with van der Waals surface area (Å²) >= 11 is 0. The molecule has 2 aromatic carbocycles. The number of carbonyl (C=O) groups is 2. The standard InChI is InChI=1S/C37H44N6O3/c1-23(2)31-16-15-29(19-24(31)3)41-37(45)26-11-6-10-25(20-26)34-33-35-27(22-39-36(33)38)9-4-5-17-46-18-8-14-32(44)40-28-12-7-13-30(21-28)43(35)42-34/h4,6,9-11,15-16,19-20,22-23,28,30H,5,7-8,12-14,17-18,21H2,1-3H3,(H2,38,39)(H,40,44)(H,41,45)/b9-4+/t28-,30-/m1/s1. The molecular weight excluding hydrogens is 576 g/mol. The van der Waals surface area contributed by atoms with E-state index < -0.39 is 0 Å². The number of hydrogen-bond acceptors (Lipinski definition) is 6. The molecular formula is C37H44N6O3. The topological polar surface area (TPSA) is 124 Å². The van der Waals surface area contributed by atoms with Crippen molar-refractivity contribution >= 4 is 40.3 Å². The summed E-state index contributed by atoms with van der Waals surface area (Å²) in [5, 5.41) is 12.3. The first-order chi connectivity index (χ1) is 22.3. The molecule has 2 bridgehead atoms. The summed E-state index contributed by atoms with van der Waals surface area (Å²) in [6.45, 7) is 7.55. The number of benzene rings is 2. The Bertz CT molecular complexity index is 1770. The molecule has 0 radical (unpaired) electrons. The summed E-state index contributed by atoms with van der Waals surface area (Å²) < 4.78 is 7.85. The fourth-order valence-electron chi connectivity index (χ4n) is 6.83. The lowest BCUT2D eigenvalue weighted by molar-refractivity contribution is -0.122. The molecule has 2 aromatic heterocycles. The van der Waals surface area contributed by atoms with Crippen molar-refractivity contribution in [1.82, 2.24) is 20.1 Å². The molecule has 46 heavy (non-hydrogen) atoms. The number of hydrogen-bond donors (Lipinski definition) is 3. The molecule has 9 nitrogen and oxygen atoms in total. The number of nitrogens with two attached hydrogens (primary N) is 1. The molecule has 0 spiro atoms. The van der Waals surface area contributed by atoms with Crippen LogP contribution in [-0.2, 0) is 9.53 Å². The number of nitrogens with zero attached hydrogens (tertiary/aromatic N) is 3. The SMILES string of the molecule is Cc1cc(NC(=O)c2cccc(-c3nn4c5c(cnc(N)c35)/C=C/CCOCCCC(=O)N[C@@H]3CCC[C@@H]4C3)c2)ccc1C(C)C. The zero-order chi connectivity index (χ0) is 32.2. The Kier molecular flexibility index (Phi) is 9.49. The Balaban J connectivity index is 1.39. The van der Waals surface area contributed by atoms with Crippen molar-refractivity contribution in [3.05, 3.63) is 77.0 Å². The summed E-state index contributed by atoms with van der Waals surface area (Å²) in [6.07, 6.45) is 11.5. The second kappa shape index (κ2) is 13.9. The predicted octanol–water partition coefficient (Wildman–Crippen LogP) is 7.18. The molecule has 0 saturated heterocycles. The number of ether oxygens (including phenoxy) is 1. The number of nitrogens with one attached hydrogen (secondary N) is 2. The summed E-state index contributed by atoms with van der Waals surface area (Å²) in [5.74, 6) is 0.684. The van der Waals surface area contributed by atoms with Crippen molar-refractivity contribution in [2.24, 2.45) is 0 Å². The van der Waals surface area contributed by atoms with E-state index in [4.69, 9.17) is 15.6 Å². The van der Waals surface area contributed by atoms with Crippen LogP contribution >= 0.6 is 0 Å². The minimum atomic E-state index is -0.192. The van der Waals surface area contributed by atoms with E-state index in [0.717, 1.165) is 65.4 Å². The van der Waals surface area contributed by atoms with Gasteiger partial charge in [0.1, 0.15) is 11.5 Å². The van der Waals surface area contributed by atoms with Gasteiger partial charge >= 0.3 is 0 Å². The maximum atomic E-state index is 13.5. The van der Waals surface area contributed by atoms with Crippen LogP contribution in [0.4, 0.5) is 11.5 Å². The van der Waals surface area contributed by atoms with E-state index in [2.05, 4.69) is 59.3 Å². The predicted molar refractivity (Wildman–Crippen MR) is 184 cm³/mol. The average molecular weight is 621 g/mol. The van der Waals surface area contributed by atoms with Gasteiger partial charge < -0.3 is 21.1 Å². The maximum Gasteiger partial charge on any atom is 0.255 e. The van der Waals surface area contributed by atoms with E-state index in [1.54, 1.807) is 6.20 Å². The van der Waals surface area contributed by atoms with Crippen LogP contribution in [-0.4, -0.2) is 45.8 Å². The van der Waals surface area contributed by atoms with Gasteiger partial charge in [-0.25, -0.2) is 4.98 Å². The molecule has 6 rings (SSSR count). The highest BCUT2D eigenvalue weighted by molar-refractivity contribution is 6.07. The first-order valence-corrected chi connectivity index (χ1v) is 16.5. The number of fused-ring (bicyclic) bond motifs is 3. The Morgan fingerprint density at radius 2 is 2.00 bits per heavy atom. The Hall–Kier alpha value is -4.50. The lowest BCUT2D eigenvalue weighted by Crippen LogP contribution is -2.39. The van der Waals surface area contributed by atoms with Crippen LogP contribution in [0.5, 0.6) is 0 Å². The van der Waals surface area contributed by atoms with Crippen LogP contribution in [0, 0.1) is 6.92 Å². The number of anilines is 2. The van der Waals surface area contributed by atoms with Gasteiger partial charge in [-0.2, -0.15) is 5.10 Å². The smallest absolute Gasteiger partial charge is 0.255 e. The number of carbonyl (C=O) groups excluding carboxylic acids is 2. The van der Waals surface area contributed by atoms with Crippen LogP contribution < -0.4 is 16.4 Å². The molecule has 3 heterocycles. The molecule has 2 atom stereocenters. The van der Waals surface area contributed by atoms with Gasteiger partial charge in [0.25, 0.3) is 5.91 Å². The third kappa shape index (κ3) is 6.84. The first-order valence-electron chi connectivity index (χ1n) is 16.5. The zero-order valence-electron chi connectivity index (χ0n) is 27.0. The quantitative estimate of drug-likeness (QED) is 0.222. The molecule has 4 aromatic rings. The Morgan fingerprint density at radius 1 is 1.13 bits per heavy atom. The lowest BCUT2D eigenvalue weighted by atomic mass is 9.90. The summed E-state index contributed by atoms with van der Waals surface area (Å²) in [4.78, 5) is 30.7. The van der Waals surface area contributed by atoms with Crippen LogP contribution in [0.25, 0.3) is 28.2 Å². The third-order valence-corrected chi connectivity index (χ3v) is 9.11. The number of aryl methyl sites for hydroxylation is 1. The number of aromatic nitrogens is 3. The maximum absolute atomic E-state index is 13.5. The molecule has 0 unspecified atom stereocenters. The highest BCUT2D eigenvalue weighted by atomic mass is 16.5. The molecule has 9 heteroatoms. The summed E-state index contributed by atoms with van der Waals surface area (Å²) in [7, 11) is 0. The number of amides is 2. The van der Waals surface area contributed by atoms with Gasteiger partial charge in [0.15, 0.2) is 0 Å². The molecule has 1 aliphatic carbocycles. The van der Waals surface area contributed by atoms with Crippen molar-refractivity contribution in [1.29, 1.82) is 0 Å². The fraction of sp³-hybridized carbons (Fsp3) is 0.405. The van der Waals surface area contributed by atoms with Crippen LogP contribution in [0.3, 0.4) is 0 Å².